The molecule has 2 aliphatic carbocycles. The Morgan fingerprint density at radius 1 is 0.522 bits per heavy atom. The number of hydrogen-bond acceptors (Lipinski definition) is 0. The van der Waals surface area contributed by atoms with Crippen molar-refractivity contribution in [3.05, 3.63) is 40.1 Å². The summed E-state index contributed by atoms with van der Waals surface area (Å²) in [6, 6.07) is 0. The maximum absolute atomic E-state index is 2.44. The van der Waals surface area contributed by atoms with Crippen molar-refractivity contribution in [1.82, 2.24) is 0 Å². The molecule has 0 nitrogen and oxygen atoms in total. The first-order valence-electron chi connectivity index (χ1n) is 8.00. The van der Waals surface area contributed by atoms with Crippen LogP contribution < -0.4 is 0 Å². The molecular formula is C20H32Cl2Hf. The van der Waals surface area contributed by atoms with E-state index in [4.69, 9.17) is 0 Å². The SMILES string of the molecule is CC1=C(C)C(C)(C)[C]([Hf][C]2=C(C)C(C)=C(C)C2(C)C)=C1C.Cl.Cl. The molecule has 2 aliphatic rings. The Balaban J connectivity index is 0.00000242. The molecule has 0 aromatic heterocycles. The van der Waals surface area contributed by atoms with Crippen LogP contribution in [0.5, 0.6) is 0 Å². The minimum atomic E-state index is -0.997. The van der Waals surface area contributed by atoms with Crippen molar-refractivity contribution in [2.45, 2.75) is 69.2 Å². The summed E-state index contributed by atoms with van der Waals surface area (Å²) in [6.45, 7) is 23.8. The summed E-state index contributed by atoms with van der Waals surface area (Å²) in [5, 5.41) is 0. The third-order valence-corrected chi connectivity index (χ3v) is 15.4. The molecule has 0 aromatic rings. The van der Waals surface area contributed by atoms with Crippen LogP contribution in [0.1, 0.15) is 69.2 Å². The molecule has 0 unspecified atom stereocenters. The van der Waals surface area contributed by atoms with Crippen molar-refractivity contribution >= 4 is 24.8 Å². The third-order valence-electron chi connectivity index (χ3n) is 6.38. The predicted octanol–water partition coefficient (Wildman–Crippen LogP) is 7.21. The average Bonchev–Trinajstić information content (AvgIpc) is 2.63. The molecule has 130 valence electrons. The van der Waals surface area contributed by atoms with Gasteiger partial charge in [0.05, 0.1) is 0 Å². The van der Waals surface area contributed by atoms with Crippen molar-refractivity contribution < 1.29 is 22.9 Å². The van der Waals surface area contributed by atoms with Crippen molar-refractivity contribution in [1.29, 1.82) is 0 Å². The van der Waals surface area contributed by atoms with E-state index in [9.17, 15) is 0 Å². The third kappa shape index (κ3) is 3.40. The molecule has 0 atom stereocenters. The van der Waals surface area contributed by atoms with Crippen LogP contribution in [0.3, 0.4) is 0 Å². The molecular weight excluding hydrogens is 490 g/mol. The van der Waals surface area contributed by atoms with Crippen LogP contribution in [-0.4, -0.2) is 0 Å². The normalized spacial score (nSPS) is 22.5. The summed E-state index contributed by atoms with van der Waals surface area (Å²) in [5.74, 6) is 0. The zero-order valence-electron chi connectivity index (χ0n) is 16.3. The molecule has 23 heavy (non-hydrogen) atoms. The smallest absolute Gasteiger partial charge is 0.147 e. The zero-order chi connectivity index (χ0) is 16.3. The largest absolute Gasteiger partial charge is 0.147 e. The van der Waals surface area contributed by atoms with Gasteiger partial charge in [-0.1, -0.05) is 0 Å². The van der Waals surface area contributed by atoms with Crippen molar-refractivity contribution in [3.63, 3.8) is 0 Å². The van der Waals surface area contributed by atoms with E-state index >= 15 is 0 Å². The summed E-state index contributed by atoms with van der Waals surface area (Å²) in [4.78, 5) is 0. The van der Waals surface area contributed by atoms with Crippen molar-refractivity contribution in [2.75, 3.05) is 0 Å². The Labute approximate surface area is 167 Å². The van der Waals surface area contributed by atoms with Crippen molar-refractivity contribution in [2.24, 2.45) is 10.8 Å². The predicted molar refractivity (Wildman–Crippen MR) is 104 cm³/mol. The fraction of sp³-hybridized carbons (Fsp3) is 0.600. The van der Waals surface area contributed by atoms with Gasteiger partial charge in [-0.05, 0) is 0 Å². The first-order chi connectivity index (χ1) is 9.44. The van der Waals surface area contributed by atoms with Gasteiger partial charge >= 0.3 is 143 Å². The summed E-state index contributed by atoms with van der Waals surface area (Å²) in [5.41, 5.74) is 10.1. The van der Waals surface area contributed by atoms with Crippen LogP contribution in [0.15, 0.2) is 40.1 Å². The minimum Gasteiger partial charge on any atom is -0.147 e. The summed E-state index contributed by atoms with van der Waals surface area (Å²) < 4.78 is 3.64. The van der Waals surface area contributed by atoms with Gasteiger partial charge in [-0.2, -0.15) is 0 Å². The van der Waals surface area contributed by atoms with E-state index in [1.807, 2.05) is 6.66 Å². The van der Waals surface area contributed by atoms with Crippen LogP contribution in [0.2, 0.25) is 0 Å². The molecule has 0 saturated heterocycles. The molecule has 0 aliphatic heterocycles. The van der Waals surface area contributed by atoms with Crippen molar-refractivity contribution in [3.8, 4) is 0 Å². The summed E-state index contributed by atoms with van der Waals surface area (Å²) in [7, 11) is 0. The number of hydrogen-bond donors (Lipinski definition) is 0. The van der Waals surface area contributed by atoms with Crippen LogP contribution in [0.4, 0.5) is 0 Å². The topological polar surface area (TPSA) is 0 Å². The van der Waals surface area contributed by atoms with E-state index in [1.54, 1.807) is 33.4 Å². The second-order valence-electron chi connectivity index (χ2n) is 7.88. The van der Waals surface area contributed by atoms with Gasteiger partial charge in [-0.25, -0.2) is 0 Å². The van der Waals surface area contributed by atoms with Gasteiger partial charge in [0, 0.05) is 0 Å². The van der Waals surface area contributed by atoms with Gasteiger partial charge in [0.15, 0.2) is 0 Å². The molecule has 0 heterocycles. The maximum atomic E-state index is 2.44. The van der Waals surface area contributed by atoms with Gasteiger partial charge in [0.1, 0.15) is 0 Å². The van der Waals surface area contributed by atoms with E-state index in [0.29, 0.717) is 10.8 Å². The van der Waals surface area contributed by atoms with E-state index in [2.05, 4.69) is 69.2 Å². The second kappa shape index (κ2) is 7.34. The molecule has 0 N–H and O–H groups in total. The van der Waals surface area contributed by atoms with Crippen LogP contribution in [0, 0.1) is 10.8 Å². The molecule has 0 saturated carbocycles. The first kappa shape index (κ1) is 23.4. The molecule has 0 aromatic carbocycles. The van der Waals surface area contributed by atoms with Gasteiger partial charge in [0.2, 0.25) is 0 Å². The molecule has 0 amide bonds. The van der Waals surface area contributed by atoms with Gasteiger partial charge in [0.25, 0.3) is 0 Å². The van der Waals surface area contributed by atoms with Crippen LogP contribution in [-0.2, 0) is 22.9 Å². The molecule has 0 spiro atoms. The summed E-state index contributed by atoms with van der Waals surface area (Å²) in [6.07, 6.45) is 0. The number of halogens is 2. The Morgan fingerprint density at radius 2 is 0.783 bits per heavy atom. The molecule has 2 rings (SSSR count). The van der Waals surface area contributed by atoms with Crippen LogP contribution in [0.25, 0.3) is 0 Å². The average molecular weight is 522 g/mol. The maximum Gasteiger partial charge on any atom is -0.147 e. The van der Waals surface area contributed by atoms with Crippen LogP contribution >= 0.6 is 24.8 Å². The Kier molecular flexibility index (Phi) is 7.47. The Hall–Kier alpha value is 0.410. The molecule has 3 heteroatoms. The standard InChI is InChI=1S/2C10H15.2ClH.Hf/c2*1-7-6-10(4,5)9(3)8(7)2;;;/h2*1-5H3;2*1H;. The molecule has 0 bridgehead atoms. The fourth-order valence-corrected chi connectivity index (χ4v) is 11.0. The fourth-order valence-electron chi connectivity index (χ4n) is 3.81. The molecule has 0 fully saturated rings. The molecule has 0 radical (unpaired) electrons. The van der Waals surface area contributed by atoms with E-state index in [-0.39, 0.29) is 24.8 Å². The van der Waals surface area contributed by atoms with Gasteiger partial charge in [-0.15, -0.1) is 24.8 Å². The van der Waals surface area contributed by atoms with E-state index in [0.717, 1.165) is 0 Å². The minimum absolute atomic E-state index is 0. The summed E-state index contributed by atoms with van der Waals surface area (Å²) >= 11 is -0.997. The van der Waals surface area contributed by atoms with E-state index in [1.165, 1.54) is 0 Å². The van der Waals surface area contributed by atoms with Gasteiger partial charge < -0.3 is 0 Å². The Bertz CT molecular complexity index is 585. The van der Waals surface area contributed by atoms with E-state index < -0.39 is 22.9 Å². The first-order valence-corrected chi connectivity index (χ1v) is 11.6. The van der Waals surface area contributed by atoms with Gasteiger partial charge in [-0.3, -0.25) is 0 Å². The monoisotopic (exact) mass is 522 g/mol. The Morgan fingerprint density at radius 3 is 0.957 bits per heavy atom. The quantitative estimate of drug-likeness (QED) is 0.337. The number of rotatable bonds is 2. The number of allylic oxidation sites excluding steroid dienone is 8. The zero-order valence-corrected chi connectivity index (χ0v) is 21.5. The second-order valence-corrected chi connectivity index (χ2v) is 12.4.